The number of hydrogen-bond acceptors (Lipinski definition) is 4. The molecule has 2 heterocycles. The van der Waals surface area contributed by atoms with E-state index in [1.807, 2.05) is 6.92 Å². The van der Waals surface area contributed by atoms with E-state index in [4.69, 9.17) is 9.15 Å². The van der Waals surface area contributed by atoms with Crippen LogP contribution in [0.5, 0.6) is 0 Å². The molecule has 1 aromatic carbocycles. The molecule has 0 aliphatic rings. The minimum atomic E-state index is -0.799. The van der Waals surface area contributed by atoms with Crippen molar-refractivity contribution in [3.63, 3.8) is 0 Å². The Kier molecular flexibility index (Phi) is 5.04. The van der Waals surface area contributed by atoms with Gasteiger partial charge in [0.05, 0.1) is 5.69 Å². The lowest BCUT2D eigenvalue weighted by atomic mass is 10.1. The molecular weight excluding hydrogens is 321 g/mol. The summed E-state index contributed by atoms with van der Waals surface area (Å²) < 4.78 is 24.4. The lowest BCUT2D eigenvalue weighted by molar-refractivity contribution is -0.141. The summed E-state index contributed by atoms with van der Waals surface area (Å²) in [4.78, 5) is 16.4. The number of ether oxygens (including phenoxy) is 1. The number of halogens is 1. The van der Waals surface area contributed by atoms with Gasteiger partial charge in [-0.1, -0.05) is 18.2 Å². The van der Waals surface area contributed by atoms with Crippen molar-refractivity contribution in [2.24, 2.45) is 0 Å². The molecule has 0 spiro atoms. The quantitative estimate of drug-likeness (QED) is 0.509. The third-order valence-electron chi connectivity index (χ3n) is 3.49. The fourth-order valence-corrected chi connectivity index (χ4v) is 2.35. The Bertz CT molecular complexity index is 887. The number of nitrogens with zero attached hydrogens (tertiary/aromatic N) is 1. The molecule has 0 fully saturated rings. The van der Waals surface area contributed by atoms with Gasteiger partial charge in [0.1, 0.15) is 17.3 Å². The van der Waals surface area contributed by atoms with E-state index in [1.54, 1.807) is 48.7 Å². The number of aryl methyl sites for hydroxylation is 1. The van der Waals surface area contributed by atoms with Crippen molar-refractivity contribution in [1.29, 1.82) is 0 Å². The molecule has 0 amide bonds. The SMILES string of the molecule is Cc1ccc(/C=C/C(=O)OC(c2cccc(F)c2)c2ccccn2)o1. The number of carbonyl (C=O) groups excluding carboxylic acids is 1. The molecule has 0 aliphatic carbocycles. The van der Waals surface area contributed by atoms with Crippen molar-refractivity contribution in [2.75, 3.05) is 0 Å². The number of rotatable bonds is 5. The number of aromatic nitrogens is 1. The Balaban J connectivity index is 1.82. The van der Waals surface area contributed by atoms with Crippen molar-refractivity contribution < 1.29 is 18.3 Å². The minimum Gasteiger partial charge on any atom is -0.462 e. The molecular formula is C20H16FNO3. The van der Waals surface area contributed by atoms with Crippen LogP contribution in [0, 0.1) is 12.7 Å². The van der Waals surface area contributed by atoms with Crippen LogP contribution >= 0.6 is 0 Å². The number of hydrogen-bond donors (Lipinski definition) is 0. The van der Waals surface area contributed by atoms with Gasteiger partial charge in [0, 0.05) is 17.8 Å². The van der Waals surface area contributed by atoms with Crippen LogP contribution in [-0.4, -0.2) is 11.0 Å². The molecule has 1 atom stereocenters. The molecule has 1 unspecified atom stereocenters. The molecule has 2 aromatic heterocycles. The summed E-state index contributed by atoms with van der Waals surface area (Å²) in [5, 5.41) is 0. The van der Waals surface area contributed by atoms with Crippen molar-refractivity contribution >= 4 is 12.0 Å². The van der Waals surface area contributed by atoms with E-state index in [1.165, 1.54) is 24.3 Å². The zero-order valence-electron chi connectivity index (χ0n) is 13.6. The monoisotopic (exact) mass is 337 g/mol. The van der Waals surface area contributed by atoms with Gasteiger partial charge in [-0.3, -0.25) is 4.98 Å². The Labute approximate surface area is 144 Å². The molecule has 0 bridgehead atoms. The topological polar surface area (TPSA) is 52.3 Å². The summed E-state index contributed by atoms with van der Waals surface area (Å²) in [7, 11) is 0. The third-order valence-corrected chi connectivity index (χ3v) is 3.49. The van der Waals surface area contributed by atoms with E-state index in [2.05, 4.69) is 4.98 Å². The lowest BCUT2D eigenvalue weighted by Gasteiger charge is -2.17. The zero-order chi connectivity index (χ0) is 17.6. The Morgan fingerprint density at radius 3 is 2.76 bits per heavy atom. The maximum absolute atomic E-state index is 13.6. The number of benzene rings is 1. The normalized spacial score (nSPS) is 12.2. The van der Waals surface area contributed by atoms with E-state index in [0.717, 1.165) is 5.76 Å². The first-order valence-electron chi connectivity index (χ1n) is 7.73. The van der Waals surface area contributed by atoms with E-state index >= 15 is 0 Å². The predicted molar refractivity (Wildman–Crippen MR) is 91.1 cm³/mol. The molecule has 5 heteroatoms. The van der Waals surface area contributed by atoms with Crippen LogP contribution < -0.4 is 0 Å². The van der Waals surface area contributed by atoms with Gasteiger partial charge in [-0.15, -0.1) is 0 Å². The zero-order valence-corrected chi connectivity index (χ0v) is 13.6. The van der Waals surface area contributed by atoms with Crippen LogP contribution in [-0.2, 0) is 9.53 Å². The highest BCUT2D eigenvalue weighted by molar-refractivity contribution is 5.86. The Hall–Kier alpha value is -3.21. The van der Waals surface area contributed by atoms with Crippen LogP contribution in [0.2, 0.25) is 0 Å². The van der Waals surface area contributed by atoms with Crippen molar-refractivity contribution in [1.82, 2.24) is 4.98 Å². The third kappa shape index (κ3) is 4.41. The van der Waals surface area contributed by atoms with Gasteiger partial charge in [-0.25, -0.2) is 9.18 Å². The molecule has 0 aliphatic heterocycles. The van der Waals surface area contributed by atoms with Crippen molar-refractivity contribution in [3.8, 4) is 0 Å². The highest BCUT2D eigenvalue weighted by Crippen LogP contribution is 2.25. The summed E-state index contributed by atoms with van der Waals surface area (Å²) in [5.41, 5.74) is 1.03. The summed E-state index contributed by atoms with van der Waals surface area (Å²) in [5.74, 6) is 0.318. The minimum absolute atomic E-state index is 0.406. The largest absolute Gasteiger partial charge is 0.462 e. The van der Waals surface area contributed by atoms with Gasteiger partial charge < -0.3 is 9.15 Å². The molecule has 126 valence electrons. The van der Waals surface area contributed by atoms with Gasteiger partial charge in [0.2, 0.25) is 0 Å². The van der Waals surface area contributed by atoms with Gasteiger partial charge in [-0.05, 0) is 49.4 Å². The predicted octanol–water partition coefficient (Wildman–Crippen LogP) is 4.47. The highest BCUT2D eigenvalue weighted by Gasteiger charge is 2.19. The lowest BCUT2D eigenvalue weighted by Crippen LogP contribution is -2.12. The first-order valence-corrected chi connectivity index (χ1v) is 7.73. The number of furan rings is 1. The number of pyridine rings is 1. The maximum atomic E-state index is 13.6. The van der Waals surface area contributed by atoms with Crippen LogP contribution in [0.1, 0.15) is 28.9 Å². The number of carbonyl (C=O) groups is 1. The highest BCUT2D eigenvalue weighted by atomic mass is 19.1. The molecule has 0 saturated heterocycles. The van der Waals surface area contributed by atoms with Gasteiger partial charge in [0.25, 0.3) is 0 Å². The second-order valence-corrected chi connectivity index (χ2v) is 5.41. The number of esters is 1. The fraction of sp³-hybridized carbons (Fsp3) is 0.100. The molecule has 25 heavy (non-hydrogen) atoms. The van der Waals surface area contributed by atoms with Crippen LogP contribution in [0.3, 0.4) is 0 Å². The van der Waals surface area contributed by atoms with Crippen molar-refractivity contribution in [3.05, 3.63) is 95.5 Å². The first kappa shape index (κ1) is 16.6. The second kappa shape index (κ2) is 7.57. The average molecular weight is 337 g/mol. The second-order valence-electron chi connectivity index (χ2n) is 5.41. The average Bonchev–Trinajstić information content (AvgIpc) is 3.04. The Morgan fingerprint density at radius 2 is 2.08 bits per heavy atom. The van der Waals surface area contributed by atoms with Gasteiger partial charge in [-0.2, -0.15) is 0 Å². The van der Waals surface area contributed by atoms with Gasteiger partial charge in [0.15, 0.2) is 6.10 Å². The molecule has 0 N–H and O–H groups in total. The molecule has 0 saturated carbocycles. The van der Waals surface area contributed by atoms with E-state index in [-0.39, 0.29) is 0 Å². The van der Waals surface area contributed by atoms with E-state index in [0.29, 0.717) is 17.0 Å². The van der Waals surface area contributed by atoms with Crippen LogP contribution in [0.4, 0.5) is 4.39 Å². The summed E-state index contributed by atoms with van der Waals surface area (Å²) in [6.07, 6.45) is 3.59. The Morgan fingerprint density at radius 1 is 1.20 bits per heavy atom. The summed E-state index contributed by atoms with van der Waals surface area (Å²) in [6, 6.07) is 14.7. The molecule has 4 nitrogen and oxygen atoms in total. The standard InChI is InChI=1S/C20H16FNO3/c1-14-8-9-17(24-14)10-11-19(23)25-20(18-7-2-3-12-22-18)15-5-4-6-16(21)13-15/h2-13,20H,1H3/b11-10+. The maximum Gasteiger partial charge on any atom is 0.331 e. The van der Waals surface area contributed by atoms with E-state index in [9.17, 15) is 9.18 Å². The molecule has 3 aromatic rings. The molecule has 0 radical (unpaired) electrons. The summed E-state index contributed by atoms with van der Waals surface area (Å²) >= 11 is 0. The smallest absolute Gasteiger partial charge is 0.331 e. The first-order chi connectivity index (χ1) is 12.1. The van der Waals surface area contributed by atoms with Gasteiger partial charge >= 0.3 is 5.97 Å². The fourth-order valence-electron chi connectivity index (χ4n) is 2.35. The van der Waals surface area contributed by atoms with Crippen LogP contribution in [0.15, 0.2) is 71.3 Å². The van der Waals surface area contributed by atoms with Crippen LogP contribution in [0.25, 0.3) is 6.08 Å². The summed E-state index contributed by atoms with van der Waals surface area (Å²) in [6.45, 7) is 1.82. The van der Waals surface area contributed by atoms with Crippen molar-refractivity contribution in [2.45, 2.75) is 13.0 Å². The molecule has 3 rings (SSSR count). The van der Waals surface area contributed by atoms with E-state index < -0.39 is 17.9 Å².